The summed E-state index contributed by atoms with van der Waals surface area (Å²) in [6.07, 6.45) is 3.78. The highest BCUT2D eigenvalue weighted by Crippen LogP contribution is 2.14. The molecule has 1 N–H and O–H groups in total. The Bertz CT molecular complexity index is 434. The van der Waals surface area contributed by atoms with Gasteiger partial charge in [-0.25, -0.2) is 17.9 Å². The number of carbonyl (C=O) groups is 1. The molecule has 2 fully saturated rings. The molecular weight excluding hydrogens is 282 g/mol. The van der Waals surface area contributed by atoms with E-state index in [0.717, 1.165) is 25.5 Å². The summed E-state index contributed by atoms with van der Waals surface area (Å²) in [4.78, 5) is 16.0. The molecule has 2 aliphatic rings. The van der Waals surface area contributed by atoms with Crippen molar-refractivity contribution in [1.82, 2.24) is 14.5 Å². The van der Waals surface area contributed by atoms with Gasteiger partial charge in [0.1, 0.15) is 0 Å². The van der Waals surface area contributed by atoms with Crippen LogP contribution in [-0.2, 0) is 14.8 Å². The smallest absolute Gasteiger partial charge is 0.320 e. The van der Waals surface area contributed by atoms with Crippen LogP contribution < -0.4 is 4.72 Å². The summed E-state index contributed by atoms with van der Waals surface area (Å²) in [7, 11) is -3.24. The van der Waals surface area contributed by atoms with Crippen LogP contribution in [0.2, 0.25) is 0 Å². The van der Waals surface area contributed by atoms with Crippen molar-refractivity contribution in [2.45, 2.75) is 25.3 Å². The number of carbonyl (C=O) groups excluding carboxylic acids is 1. The SMILES string of the molecule is CS(=O)(=O)NC1CCCCN(C(=O)N2CCOCC2)C1. The first kappa shape index (κ1) is 15.5. The number of amides is 2. The van der Waals surface area contributed by atoms with E-state index in [1.54, 1.807) is 9.80 Å². The Labute approximate surface area is 120 Å². The van der Waals surface area contributed by atoms with E-state index in [1.165, 1.54) is 0 Å². The van der Waals surface area contributed by atoms with Gasteiger partial charge >= 0.3 is 6.03 Å². The average Bonchev–Trinajstić information content (AvgIpc) is 2.62. The van der Waals surface area contributed by atoms with Crippen LogP contribution in [0.3, 0.4) is 0 Å². The van der Waals surface area contributed by atoms with E-state index in [4.69, 9.17) is 4.74 Å². The number of nitrogens with one attached hydrogen (secondary N) is 1. The van der Waals surface area contributed by atoms with E-state index in [1.807, 2.05) is 0 Å². The molecule has 1 atom stereocenters. The number of likely N-dealkylation sites (tertiary alicyclic amines) is 1. The maximum absolute atomic E-state index is 12.4. The van der Waals surface area contributed by atoms with Crippen molar-refractivity contribution in [3.05, 3.63) is 0 Å². The standard InChI is InChI=1S/C12H23N3O4S/c1-20(17,18)13-11-4-2-3-5-15(10-11)12(16)14-6-8-19-9-7-14/h11,13H,2-10H2,1H3. The summed E-state index contributed by atoms with van der Waals surface area (Å²) < 4.78 is 30.6. The second-order valence-electron chi connectivity index (χ2n) is 5.41. The number of nitrogens with zero attached hydrogens (tertiary/aromatic N) is 2. The van der Waals surface area contributed by atoms with Gasteiger partial charge in [-0.3, -0.25) is 0 Å². The van der Waals surface area contributed by atoms with E-state index in [9.17, 15) is 13.2 Å². The molecule has 116 valence electrons. The van der Waals surface area contributed by atoms with Gasteiger partial charge in [0.05, 0.1) is 19.5 Å². The van der Waals surface area contributed by atoms with Crippen LogP contribution in [0.25, 0.3) is 0 Å². The van der Waals surface area contributed by atoms with Crippen LogP contribution in [0, 0.1) is 0 Å². The molecule has 1 unspecified atom stereocenters. The van der Waals surface area contributed by atoms with Gasteiger partial charge in [-0.2, -0.15) is 0 Å². The molecule has 2 saturated heterocycles. The highest BCUT2D eigenvalue weighted by Gasteiger charge is 2.27. The van der Waals surface area contributed by atoms with Gasteiger partial charge in [0.15, 0.2) is 0 Å². The molecule has 7 nitrogen and oxygen atoms in total. The van der Waals surface area contributed by atoms with E-state index in [0.29, 0.717) is 39.4 Å². The van der Waals surface area contributed by atoms with Crippen molar-refractivity contribution >= 4 is 16.1 Å². The molecule has 0 aromatic rings. The summed E-state index contributed by atoms with van der Waals surface area (Å²) >= 11 is 0. The third-order valence-corrected chi connectivity index (χ3v) is 4.37. The fraction of sp³-hybridized carbons (Fsp3) is 0.917. The highest BCUT2D eigenvalue weighted by molar-refractivity contribution is 7.88. The van der Waals surface area contributed by atoms with Gasteiger partial charge in [-0.1, -0.05) is 6.42 Å². The van der Waals surface area contributed by atoms with Crippen molar-refractivity contribution in [2.24, 2.45) is 0 Å². The number of hydrogen-bond acceptors (Lipinski definition) is 4. The highest BCUT2D eigenvalue weighted by atomic mass is 32.2. The summed E-state index contributed by atoms with van der Waals surface area (Å²) in [5, 5.41) is 0. The molecule has 8 heteroatoms. The number of rotatable bonds is 2. The van der Waals surface area contributed by atoms with E-state index in [-0.39, 0.29) is 12.1 Å². The molecule has 0 aromatic heterocycles. The second-order valence-corrected chi connectivity index (χ2v) is 7.19. The maximum atomic E-state index is 12.4. The zero-order valence-corrected chi connectivity index (χ0v) is 12.7. The van der Waals surface area contributed by atoms with Gasteiger partial charge in [0.25, 0.3) is 0 Å². The zero-order chi connectivity index (χ0) is 14.6. The van der Waals surface area contributed by atoms with E-state index >= 15 is 0 Å². The molecule has 0 spiro atoms. The first-order valence-corrected chi connectivity index (χ1v) is 8.94. The van der Waals surface area contributed by atoms with Crippen molar-refractivity contribution in [3.63, 3.8) is 0 Å². The molecule has 2 rings (SSSR count). The van der Waals surface area contributed by atoms with Crippen molar-refractivity contribution in [3.8, 4) is 0 Å². The third-order valence-electron chi connectivity index (χ3n) is 3.60. The molecule has 2 heterocycles. The molecule has 2 aliphatic heterocycles. The predicted molar refractivity (Wildman–Crippen MR) is 75.0 cm³/mol. The fourth-order valence-corrected chi connectivity index (χ4v) is 3.47. The molecule has 0 aliphatic carbocycles. The normalized spacial score (nSPS) is 25.4. The third kappa shape index (κ3) is 4.60. The molecule has 0 radical (unpaired) electrons. The summed E-state index contributed by atoms with van der Waals surface area (Å²) in [5.41, 5.74) is 0. The largest absolute Gasteiger partial charge is 0.378 e. The minimum Gasteiger partial charge on any atom is -0.378 e. The van der Waals surface area contributed by atoms with E-state index < -0.39 is 10.0 Å². The number of sulfonamides is 1. The topological polar surface area (TPSA) is 79.0 Å². The molecule has 0 bridgehead atoms. The Balaban J connectivity index is 1.96. The summed E-state index contributed by atoms with van der Waals surface area (Å²) in [6, 6.07) is -0.187. The van der Waals surface area contributed by atoms with E-state index in [2.05, 4.69) is 4.72 Å². The van der Waals surface area contributed by atoms with Gasteiger partial charge < -0.3 is 14.5 Å². The first-order valence-electron chi connectivity index (χ1n) is 7.04. The lowest BCUT2D eigenvalue weighted by atomic mass is 10.2. The number of hydrogen-bond donors (Lipinski definition) is 1. The number of ether oxygens (including phenoxy) is 1. The first-order chi connectivity index (χ1) is 9.46. The Morgan fingerprint density at radius 2 is 1.85 bits per heavy atom. The Morgan fingerprint density at radius 3 is 2.50 bits per heavy atom. The van der Waals surface area contributed by atoms with Crippen LogP contribution in [0.1, 0.15) is 19.3 Å². The van der Waals surface area contributed by atoms with Gasteiger partial charge in [-0.05, 0) is 12.8 Å². The summed E-state index contributed by atoms with van der Waals surface area (Å²) in [6.45, 7) is 3.51. The van der Waals surface area contributed by atoms with Crippen molar-refractivity contribution in [1.29, 1.82) is 0 Å². The Hall–Kier alpha value is -0.860. The Morgan fingerprint density at radius 1 is 1.15 bits per heavy atom. The van der Waals surface area contributed by atoms with Gasteiger partial charge in [0.2, 0.25) is 10.0 Å². The fourth-order valence-electron chi connectivity index (χ4n) is 2.67. The molecular formula is C12H23N3O4S. The van der Waals surface area contributed by atoms with Crippen molar-refractivity contribution in [2.75, 3.05) is 45.6 Å². The van der Waals surface area contributed by atoms with Crippen LogP contribution in [0.15, 0.2) is 0 Å². The molecule has 2 amide bonds. The Kier molecular flexibility index (Phi) is 5.22. The minimum absolute atomic E-state index is 0.00417. The van der Waals surface area contributed by atoms with Crippen LogP contribution in [-0.4, -0.2) is 75.9 Å². The molecule has 0 aromatic carbocycles. The lowest BCUT2D eigenvalue weighted by Crippen LogP contribution is -2.51. The average molecular weight is 305 g/mol. The quantitative estimate of drug-likeness (QED) is 0.769. The van der Waals surface area contributed by atoms with Crippen LogP contribution >= 0.6 is 0 Å². The van der Waals surface area contributed by atoms with Crippen LogP contribution in [0.4, 0.5) is 4.79 Å². The maximum Gasteiger partial charge on any atom is 0.320 e. The predicted octanol–water partition coefficient (Wildman–Crippen LogP) is -0.158. The zero-order valence-electron chi connectivity index (χ0n) is 11.9. The molecule has 20 heavy (non-hydrogen) atoms. The monoisotopic (exact) mass is 305 g/mol. The lowest BCUT2D eigenvalue weighted by Gasteiger charge is -2.33. The summed E-state index contributed by atoms with van der Waals surface area (Å²) in [5.74, 6) is 0. The van der Waals surface area contributed by atoms with Gasteiger partial charge in [-0.15, -0.1) is 0 Å². The van der Waals surface area contributed by atoms with Gasteiger partial charge in [0, 0.05) is 32.2 Å². The second kappa shape index (κ2) is 6.73. The number of urea groups is 1. The van der Waals surface area contributed by atoms with Crippen molar-refractivity contribution < 1.29 is 17.9 Å². The lowest BCUT2D eigenvalue weighted by molar-refractivity contribution is 0.0431. The van der Waals surface area contributed by atoms with Crippen LogP contribution in [0.5, 0.6) is 0 Å². The minimum atomic E-state index is -3.24. The number of morpholine rings is 1. The molecule has 0 saturated carbocycles.